The van der Waals surface area contributed by atoms with Crippen molar-refractivity contribution < 1.29 is 4.39 Å². The van der Waals surface area contributed by atoms with Crippen LogP contribution in [0.4, 0.5) is 4.39 Å². The van der Waals surface area contributed by atoms with E-state index in [1.807, 2.05) is 63.2 Å². The second kappa shape index (κ2) is 4.71. The van der Waals surface area contributed by atoms with Crippen LogP contribution in [0.3, 0.4) is 0 Å². The molecule has 0 fully saturated rings. The lowest BCUT2D eigenvalue weighted by atomic mass is 9.98. The quantitative estimate of drug-likeness (QED) is 0.605. The van der Waals surface area contributed by atoms with Gasteiger partial charge in [0.05, 0.1) is 5.52 Å². The normalized spacial score (nSPS) is 11.0. The molecule has 0 aliphatic carbocycles. The molecule has 20 heavy (non-hydrogen) atoms. The smallest absolute Gasteiger partial charge is 0.153 e. The van der Waals surface area contributed by atoms with Crippen molar-refractivity contribution in [2.45, 2.75) is 20.8 Å². The second-order valence-electron chi connectivity index (χ2n) is 5.16. The highest BCUT2D eigenvalue weighted by molar-refractivity contribution is 5.85. The number of aryl methyl sites for hydroxylation is 2. The van der Waals surface area contributed by atoms with E-state index in [4.69, 9.17) is 0 Å². The molecule has 3 aromatic rings. The molecule has 0 atom stereocenters. The zero-order valence-corrected chi connectivity index (χ0v) is 11.9. The van der Waals surface area contributed by atoms with Crippen LogP contribution in [0.2, 0.25) is 0 Å². The highest BCUT2D eigenvalue weighted by atomic mass is 19.1. The number of fused-ring (bicyclic) bond motifs is 1. The summed E-state index contributed by atoms with van der Waals surface area (Å²) in [5, 5.41) is 0.874. The number of aromatic nitrogens is 1. The third-order valence-electron chi connectivity index (χ3n) is 3.94. The molecule has 0 saturated heterocycles. The fourth-order valence-corrected chi connectivity index (χ4v) is 2.54. The van der Waals surface area contributed by atoms with Gasteiger partial charge in [-0.2, -0.15) is 0 Å². The van der Waals surface area contributed by atoms with Gasteiger partial charge in [0.1, 0.15) is 5.69 Å². The minimum absolute atomic E-state index is 0.225. The number of rotatable bonds is 1. The molecule has 0 amide bonds. The summed E-state index contributed by atoms with van der Waals surface area (Å²) >= 11 is 0. The van der Waals surface area contributed by atoms with Crippen LogP contribution in [0.25, 0.3) is 22.2 Å². The molecular weight excluding hydrogens is 249 g/mol. The van der Waals surface area contributed by atoms with E-state index in [2.05, 4.69) is 4.98 Å². The summed E-state index contributed by atoms with van der Waals surface area (Å²) in [7, 11) is 0. The van der Waals surface area contributed by atoms with Crippen LogP contribution >= 0.6 is 0 Å². The number of hydrogen-bond acceptors (Lipinski definition) is 1. The van der Waals surface area contributed by atoms with Crippen molar-refractivity contribution in [3.8, 4) is 11.3 Å². The lowest BCUT2D eigenvalue weighted by Crippen LogP contribution is -1.97. The summed E-state index contributed by atoms with van der Waals surface area (Å²) in [5.41, 5.74) is 5.04. The van der Waals surface area contributed by atoms with Gasteiger partial charge in [0.25, 0.3) is 0 Å². The van der Waals surface area contributed by atoms with Gasteiger partial charge in [0, 0.05) is 10.9 Å². The highest BCUT2D eigenvalue weighted by Crippen LogP contribution is 2.31. The minimum atomic E-state index is -0.225. The van der Waals surface area contributed by atoms with Crippen molar-refractivity contribution in [2.75, 3.05) is 0 Å². The maximum atomic E-state index is 14.7. The first-order chi connectivity index (χ1) is 9.59. The van der Waals surface area contributed by atoms with Crippen LogP contribution in [-0.2, 0) is 0 Å². The van der Waals surface area contributed by atoms with Gasteiger partial charge in [0.2, 0.25) is 0 Å². The highest BCUT2D eigenvalue weighted by Gasteiger charge is 2.15. The summed E-state index contributed by atoms with van der Waals surface area (Å²) in [6, 6.07) is 13.6. The summed E-state index contributed by atoms with van der Waals surface area (Å²) in [6.07, 6.45) is 0. The summed E-state index contributed by atoms with van der Waals surface area (Å²) in [4.78, 5) is 4.53. The Morgan fingerprint density at radius 3 is 2.40 bits per heavy atom. The van der Waals surface area contributed by atoms with Crippen LogP contribution in [-0.4, -0.2) is 4.98 Å². The lowest BCUT2D eigenvalue weighted by Gasteiger charge is -2.12. The topological polar surface area (TPSA) is 12.9 Å². The zero-order valence-electron chi connectivity index (χ0n) is 11.9. The van der Waals surface area contributed by atoms with Gasteiger partial charge < -0.3 is 0 Å². The zero-order chi connectivity index (χ0) is 14.3. The first kappa shape index (κ1) is 12.8. The molecular formula is C18H16FN. The average molecular weight is 265 g/mol. The van der Waals surface area contributed by atoms with Crippen LogP contribution in [0.1, 0.15) is 16.7 Å². The molecule has 0 spiro atoms. The van der Waals surface area contributed by atoms with Crippen LogP contribution in [0.15, 0.2) is 42.5 Å². The summed E-state index contributed by atoms with van der Waals surface area (Å²) in [5.74, 6) is -0.225. The number of halogens is 1. The van der Waals surface area contributed by atoms with E-state index in [9.17, 15) is 4.39 Å². The van der Waals surface area contributed by atoms with E-state index >= 15 is 0 Å². The molecule has 1 heterocycles. The SMILES string of the molecule is Cc1cccc(-c2nc3ccccc3c(C)c2F)c1C. The van der Waals surface area contributed by atoms with E-state index in [1.54, 1.807) is 0 Å². The Labute approximate surface area is 118 Å². The maximum Gasteiger partial charge on any atom is 0.153 e. The van der Waals surface area contributed by atoms with Crippen LogP contribution < -0.4 is 0 Å². The third-order valence-corrected chi connectivity index (χ3v) is 3.94. The standard InChI is InChI=1S/C18H16FN/c1-11-7-6-9-15(12(11)2)18-17(19)13(3)14-8-4-5-10-16(14)20-18/h4-10H,1-3H3. The average Bonchev–Trinajstić information content (AvgIpc) is 2.46. The minimum Gasteiger partial charge on any atom is -0.245 e. The third kappa shape index (κ3) is 1.88. The van der Waals surface area contributed by atoms with Gasteiger partial charge in [-0.1, -0.05) is 36.4 Å². The molecule has 0 N–H and O–H groups in total. The molecule has 0 bridgehead atoms. The maximum absolute atomic E-state index is 14.7. The molecule has 2 aromatic carbocycles. The van der Waals surface area contributed by atoms with E-state index in [0.29, 0.717) is 11.3 Å². The summed E-state index contributed by atoms with van der Waals surface area (Å²) in [6.45, 7) is 5.86. The van der Waals surface area contributed by atoms with Crippen LogP contribution in [0, 0.1) is 26.6 Å². The van der Waals surface area contributed by atoms with E-state index < -0.39 is 0 Å². The van der Waals surface area contributed by atoms with Crippen molar-refractivity contribution in [1.82, 2.24) is 4.98 Å². The first-order valence-electron chi connectivity index (χ1n) is 6.71. The molecule has 3 rings (SSSR count). The Hall–Kier alpha value is -2.22. The predicted octanol–water partition coefficient (Wildman–Crippen LogP) is 4.97. The predicted molar refractivity (Wildman–Crippen MR) is 81.3 cm³/mol. The van der Waals surface area contributed by atoms with Crippen molar-refractivity contribution >= 4 is 10.9 Å². The van der Waals surface area contributed by atoms with Gasteiger partial charge in [-0.25, -0.2) is 9.37 Å². The van der Waals surface area contributed by atoms with Gasteiger partial charge in [0.15, 0.2) is 5.82 Å². The van der Waals surface area contributed by atoms with Gasteiger partial charge in [-0.05, 0) is 43.5 Å². The number of pyridine rings is 1. The Bertz CT molecular complexity index is 806. The van der Waals surface area contributed by atoms with Crippen molar-refractivity contribution in [1.29, 1.82) is 0 Å². The molecule has 0 unspecified atom stereocenters. The van der Waals surface area contributed by atoms with Gasteiger partial charge >= 0.3 is 0 Å². The number of nitrogens with zero attached hydrogens (tertiary/aromatic N) is 1. The van der Waals surface area contributed by atoms with E-state index in [0.717, 1.165) is 27.6 Å². The largest absolute Gasteiger partial charge is 0.245 e. The Balaban J connectivity index is 2.37. The lowest BCUT2D eigenvalue weighted by molar-refractivity contribution is 0.619. The molecule has 2 heteroatoms. The number of benzene rings is 2. The van der Waals surface area contributed by atoms with Crippen molar-refractivity contribution in [3.63, 3.8) is 0 Å². The number of hydrogen-bond donors (Lipinski definition) is 0. The summed E-state index contributed by atoms with van der Waals surface area (Å²) < 4.78 is 14.7. The monoisotopic (exact) mass is 265 g/mol. The van der Waals surface area contributed by atoms with E-state index in [-0.39, 0.29) is 5.82 Å². The Kier molecular flexibility index (Phi) is 3.01. The molecule has 0 aliphatic heterocycles. The molecule has 1 nitrogen and oxygen atoms in total. The van der Waals surface area contributed by atoms with Gasteiger partial charge in [-0.3, -0.25) is 0 Å². The van der Waals surface area contributed by atoms with Crippen molar-refractivity contribution in [2.24, 2.45) is 0 Å². The molecule has 1 aromatic heterocycles. The fourth-order valence-electron chi connectivity index (χ4n) is 2.54. The Morgan fingerprint density at radius 1 is 0.850 bits per heavy atom. The van der Waals surface area contributed by atoms with E-state index in [1.165, 1.54) is 0 Å². The first-order valence-corrected chi connectivity index (χ1v) is 6.71. The molecule has 0 radical (unpaired) electrons. The Morgan fingerprint density at radius 2 is 1.60 bits per heavy atom. The van der Waals surface area contributed by atoms with Crippen molar-refractivity contribution in [3.05, 3.63) is 65.0 Å². The van der Waals surface area contributed by atoms with Crippen LogP contribution in [0.5, 0.6) is 0 Å². The molecule has 0 aliphatic rings. The number of para-hydroxylation sites is 1. The second-order valence-corrected chi connectivity index (χ2v) is 5.16. The fraction of sp³-hybridized carbons (Fsp3) is 0.167. The van der Waals surface area contributed by atoms with Gasteiger partial charge in [-0.15, -0.1) is 0 Å². The molecule has 0 saturated carbocycles. The molecule has 100 valence electrons.